The molecule has 0 aromatic heterocycles. The lowest BCUT2D eigenvalue weighted by molar-refractivity contribution is -0.171. The Labute approximate surface area is 98.8 Å². The Morgan fingerprint density at radius 2 is 1.53 bits per heavy atom. The molecule has 0 spiro atoms. The fourth-order valence-electron chi connectivity index (χ4n) is 1.86. The maximum absolute atomic E-state index is 12.7. The molecule has 0 aromatic rings. The average molecular weight is 257 g/mol. The normalized spacial score (nSPS) is 14.0. The molecule has 0 aromatic carbocycles. The van der Waals surface area contributed by atoms with Crippen LogP contribution in [0.5, 0.6) is 0 Å². The lowest BCUT2D eigenvalue weighted by Gasteiger charge is -2.34. The summed E-state index contributed by atoms with van der Waals surface area (Å²) in [4.78, 5) is 11.1. The molecule has 0 saturated heterocycles. The van der Waals surface area contributed by atoms with E-state index in [1.807, 2.05) is 26.1 Å². The van der Waals surface area contributed by atoms with Gasteiger partial charge in [0.15, 0.2) is 0 Å². The van der Waals surface area contributed by atoms with E-state index in [2.05, 4.69) is 0 Å². The van der Waals surface area contributed by atoms with Gasteiger partial charge in [-0.3, -0.25) is 4.79 Å². The quantitative estimate of drug-likeness (QED) is 0.770. The van der Waals surface area contributed by atoms with E-state index >= 15 is 0 Å². The minimum atomic E-state index is -4.64. The first-order chi connectivity index (χ1) is 7.28. The highest BCUT2D eigenvalue weighted by Gasteiger charge is 2.50. The Kier molecular flexibility index (Phi) is 4.59. The highest BCUT2D eigenvalue weighted by molar-refractivity contribution is 5.84. The van der Waals surface area contributed by atoms with Crippen LogP contribution in [0.1, 0.15) is 41.0 Å². The van der Waals surface area contributed by atoms with Gasteiger partial charge in [0.2, 0.25) is 0 Å². The van der Waals surface area contributed by atoms with Crippen LogP contribution in [0.25, 0.3) is 0 Å². The Morgan fingerprint density at radius 3 is 1.82 bits per heavy atom. The second kappa shape index (κ2) is 4.82. The highest BCUT2D eigenvalue weighted by atomic mass is 19.3. The van der Waals surface area contributed by atoms with E-state index in [4.69, 9.17) is 0 Å². The molecule has 0 rings (SSSR count). The van der Waals surface area contributed by atoms with Crippen molar-refractivity contribution >= 4 is 5.91 Å². The van der Waals surface area contributed by atoms with Crippen molar-refractivity contribution in [1.29, 1.82) is 0 Å². The summed E-state index contributed by atoms with van der Waals surface area (Å²) in [6, 6.07) is 0. The maximum atomic E-state index is 12.7. The van der Waals surface area contributed by atoms with Crippen molar-refractivity contribution < 1.29 is 22.4 Å². The number of carbonyl (C=O) groups is 1. The van der Waals surface area contributed by atoms with Crippen LogP contribution in [0.3, 0.4) is 0 Å². The van der Waals surface area contributed by atoms with Crippen LogP contribution >= 0.6 is 0 Å². The summed E-state index contributed by atoms with van der Waals surface area (Å²) >= 11 is 0. The van der Waals surface area contributed by atoms with Crippen molar-refractivity contribution in [2.24, 2.45) is 5.41 Å². The van der Waals surface area contributed by atoms with Crippen LogP contribution in [0, 0.1) is 5.41 Å². The Morgan fingerprint density at radius 1 is 1.12 bits per heavy atom. The van der Waals surface area contributed by atoms with Gasteiger partial charge in [-0.2, -0.15) is 8.78 Å². The number of nitrogens with one attached hydrogen (secondary N) is 1. The monoisotopic (exact) mass is 257 g/mol. The number of hydrogen-bond donors (Lipinski definition) is 1. The fraction of sp³-hybridized carbons (Fsp3) is 0.909. The molecule has 0 aliphatic carbocycles. The van der Waals surface area contributed by atoms with Crippen LogP contribution in [0.2, 0.25) is 0 Å². The molecule has 1 N–H and O–H groups in total. The average Bonchev–Trinajstić information content (AvgIpc) is 1.97. The van der Waals surface area contributed by atoms with Gasteiger partial charge in [-0.25, -0.2) is 8.78 Å². The third kappa shape index (κ3) is 5.37. The number of amides is 1. The number of alkyl halides is 4. The molecule has 0 fully saturated rings. The summed E-state index contributed by atoms with van der Waals surface area (Å²) in [7, 11) is 0. The van der Waals surface area contributed by atoms with Gasteiger partial charge >= 0.3 is 12.3 Å². The number of carbonyl (C=O) groups excluding carboxylic acids is 1. The zero-order valence-corrected chi connectivity index (χ0v) is 10.7. The predicted octanol–water partition coefficient (Wildman–Crippen LogP) is 3.22. The highest BCUT2D eigenvalue weighted by Crippen LogP contribution is 2.29. The molecule has 6 heteroatoms. The summed E-state index contributed by atoms with van der Waals surface area (Å²) < 4.78 is 49.4. The summed E-state index contributed by atoms with van der Waals surface area (Å²) in [5.74, 6) is -6.57. The van der Waals surface area contributed by atoms with E-state index in [1.165, 1.54) is 13.8 Å². The SMILES string of the molecule is CC(C)(C)CC(C)(C)NC(=O)C(F)(F)C(F)F. The third-order valence-electron chi connectivity index (χ3n) is 2.00. The molecule has 0 bridgehead atoms. The standard InChI is InChI=1S/C11H19F4NO/c1-9(2,3)6-10(4,5)16-8(17)11(14,15)7(12)13/h7H,6H2,1-5H3,(H,16,17). The summed E-state index contributed by atoms with van der Waals surface area (Å²) in [5, 5.41) is 1.97. The van der Waals surface area contributed by atoms with Crippen LogP contribution in [-0.2, 0) is 4.79 Å². The van der Waals surface area contributed by atoms with Gasteiger partial charge in [-0.1, -0.05) is 20.8 Å². The zero-order valence-electron chi connectivity index (χ0n) is 10.7. The van der Waals surface area contributed by atoms with E-state index in [0.717, 1.165) is 0 Å². The van der Waals surface area contributed by atoms with Gasteiger partial charge in [0.1, 0.15) is 0 Å². The number of halogens is 4. The lowest BCUT2D eigenvalue weighted by Crippen LogP contribution is -2.54. The second-order valence-electron chi connectivity index (χ2n) is 6.00. The van der Waals surface area contributed by atoms with Crippen LogP contribution in [-0.4, -0.2) is 23.8 Å². The van der Waals surface area contributed by atoms with Gasteiger partial charge in [0.25, 0.3) is 5.91 Å². The predicted molar refractivity (Wildman–Crippen MR) is 57.2 cm³/mol. The summed E-state index contributed by atoms with van der Waals surface area (Å²) in [5.41, 5.74) is -1.18. The van der Waals surface area contributed by atoms with Crippen molar-refractivity contribution in [2.75, 3.05) is 0 Å². The van der Waals surface area contributed by atoms with Crippen molar-refractivity contribution in [3.8, 4) is 0 Å². The van der Waals surface area contributed by atoms with Gasteiger partial charge in [0, 0.05) is 5.54 Å². The van der Waals surface area contributed by atoms with E-state index in [-0.39, 0.29) is 5.41 Å². The molecule has 0 atom stereocenters. The fourth-order valence-corrected chi connectivity index (χ4v) is 1.86. The van der Waals surface area contributed by atoms with E-state index in [1.54, 1.807) is 0 Å². The maximum Gasteiger partial charge on any atom is 0.383 e. The van der Waals surface area contributed by atoms with Crippen molar-refractivity contribution in [3.05, 3.63) is 0 Å². The molecule has 1 amide bonds. The molecule has 0 heterocycles. The van der Waals surface area contributed by atoms with Crippen LogP contribution < -0.4 is 5.32 Å². The van der Waals surface area contributed by atoms with E-state index in [9.17, 15) is 22.4 Å². The molecular weight excluding hydrogens is 238 g/mol. The molecule has 0 radical (unpaired) electrons. The summed E-state index contributed by atoms with van der Waals surface area (Å²) in [6.45, 7) is 8.65. The third-order valence-corrected chi connectivity index (χ3v) is 2.00. The van der Waals surface area contributed by atoms with E-state index in [0.29, 0.717) is 6.42 Å². The topological polar surface area (TPSA) is 29.1 Å². The molecule has 102 valence electrons. The molecule has 0 aliphatic rings. The number of rotatable bonds is 4. The first kappa shape index (κ1) is 16.2. The molecule has 2 nitrogen and oxygen atoms in total. The van der Waals surface area contributed by atoms with Crippen molar-refractivity contribution in [1.82, 2.24) is 5.32 Å². The first-order valence-electron chi connectivity index (χ1n) is 5.26. The van der Waals surface area contributed by atoms with Gasteiger partial charge < -0.3 is 5.32 Å². The minimum absolute atomic E-state index is 0.211. The first-order valence-corrected chi connectivity index (χ1v) is 5.26. The molecule has 0 aliphatic heterocycles. The van der Waals surface area contributed by atoms with E-state index < -0.39 is 23.8 Å². The second-order valence-corrected chi connectivity index (χ2v) is 6.00. The summed E-state index contributed by atoms with van der Waals surface area (Å²) in [6.07, 6.45) is -3.60. The van der Waals surface area contributed by atoms with Gasteiger partial charge in [0.05, 0.1) is 0 Å². The number of hydrogen-bond acceptors (Lipinski definition) is 1. The molecule has 17 heavy (non-hydrogen) atoms. The largest absolute Gasteiger partial charge is 0.383 e. The van der Waals surface area contributed by atoms with Crippen LogP contribution in [0.15, 0.2) is 0 Å². The molecule has 0 saturated carbocycles. The van der Waals surface area contributed by atoms with Crippen LogP contribution in [0.4, 0.5) is 17.6 Å². The smallest absolute Gasteiger partial charge is 0.346 e. The molecule has 0 unspecified atom stereocenters. The Hall–Kier alpha value is -0.810. The zero-order chi connectivity index (χ0) is 14.1. The molecular formula is C11H19F4NO. The van der Waals surface area contributed by atoms with Crippen molar-refractivity contribution in [3.63, 3.8) is 0 Å². The van der Waals surface area contributed by atoms with Crippen molar-refractivity contribution in [2.45, 2.75) is 58.9 Å². The van der Waals surface area contributed by atoms with Gasteiger partial charge in [-0.15, -0.1) is 0 Å². The van der Waals surface area contributed by atoms with Gasteiger partial charge in [-0.05, 0) is 25.7 Å². The lowest BCUT2D eigenvalue weighted by atomic mass is 9.81. The minimum Gasteiger partial charge on any atom is -0.346 e. The Balaban J connectivity index is 4.69. The Bertz CT molecular complexity index is 282.